The molecule has 27 heavy (non-hydrogen) atoms. The molecule has 10 heteroatoms. The number of nitrogens with zero attached hydrogens (tertiary/aromatic N) is 4. The van der Waals surface area contributed by atoms with Crippen LogP contribution < -0.4 is 5.32 Å². The molecule has 1 saturated heterocycles. The third-order valence-corrected chi connectivity index (χ3v) is 6.22. The number of halogens is 2. The molecule has 0 saturated carbocycles. The maximum Gasteiger partial charge on any atom is 0.211 e. The number of rotatable bonds is 6. The molecular formula is C17H31ClIN5O2S. The van der Waals surface area contributed by atoms with Gasteiger partial charge < -0.3 is 14.8 Å². The van der Waals surface area contributed by atoms with Gasteiger partial charge in [-0.2, -0.15) is 0 Å². The third-order valence-electron chi connectivity index (χ3n) is 4.71. The van der Waals surface area contributed by atoms with Gasteiger partial charge in [0.05, 0.1) is 17.8 Å². The smallest absolute Gasteiger partial charge is 0.211 e. The van der Waals surface area contributed by atoms with Gasteiger partial charge in [-0.3, -0.25) is 4.99 Å². The van der Waals surface area contributed by atoms with Crippen molar-refractivity contribution < 1.29 is 8.42 Å². The van der Waals surface area contributed by atoms with Crippen molar-refractivity contribution >= 4 is 51.6 Å². The molecule has 0 bridgehead atoms. The minimum absolute atomic E-state index is 0. The maximum atomic E-state index is 11.6. The molecule has 0 atom stereocenters. The SMILES string of the molecule is CCNC(=NCC1CCN(S(C)(=O)=O)CC1)N(C)Cc1cc(Cl)cn1C.I. The van der Waals surface area contributed by atoms with Crippen LogP contribution in [0.1, 0.15) is 25.5 Å². The molecular weight excluding hydrogens is 501 g/mol. The van der Waals surface area contributed by atoms with E-state index in [2.05, 4.69) is 10.2 Å². The van der Waals surface area contributed by atoms with Gasteiger partial charge in [-0.05, 0) is 31.7 Å². The molecule has 0 aromatic carbocycles. The number of aromatic nitrogens is 1. The summed E-state index contributed by atoms with van der Waals surface area (Å²) in [5, 5.41) is 4.06. The number of hydrogen-bond donors (Lipinski definition) is 1. The highest BCUT2D eigenvalue weighted by molar-refractivity contribution is 14.0. The molecule has 2 rings (SSSR count). The molecule has 0 amide bonds. The second kappa shape index (κ2) is 10.9. The van der Waals surface area contributed by atoms with Crippen molar-refractivity contribution in [1.82, 2.24) is 19.1 Å². The molecule has 156 valence electrons. The van der Waals surface area contributed by atoms with E-state index in [1.807, 2.05) is 37.8 Å². The molecule has 0 spiro atoms. The first-order chi connectivity index (χ1) is 12.2. The topological polar surface area (TPSA) is 69.9 Å². The zero-order valence-corrected chi connectivity index (χ0v) is 20.4. The largest absolute Gasteiger partial charge is 0.357 e. The van der Waals surface area contributed by atoms with E-state index in [0.717, 1.165) is 36.1 Å². The summed E-state index contributed by atoms with van der Waals surface area (Å²) in [5.41, 5.74) is 1.12. The van der Waals surface area contributed by atoms with Gasteiger partial charge in [0, 0.05) is 52.2 Å². The number of hydrogen-bond acceptors (Lipinski definition) is 3. The van der Waals surface area contributed by atoms with Crippen LogP contribution in [0.3, 0.4) is 0 Å². The summed E-state index contributed by atoms with van der Waals surface area (Å²) in [7, 11) is 0.914. The van der Waals surface area contributed by atoms with Crippen LogP contribution >= 0.6 is 35.6 Å². The molecule has 1 N–H and O–H groups in total. The van der Waals surface area contributed by atoms with E-state index in [1.165, 1.54) is 6.26 Å². The molecule has 2 heterocycles. The van der Waals surface area contributed by atoms with Crippen molar-refractivity contribution in [2.24, 2.45) is 18.0 Å². The van der Waals surface area contributed by atoms with Crippen molar-refractivity contribution in [2.45, 2.75) is 26.3 Å². The van der Waals surface area contributed by atoms with E-state index in [4.69, 9.17) is 16.6 Å². The number of aryl methyl sites for hydroxylation is 1. The van der Waals surface area contributed by atoms with E-state index in [1.54, 1.807) is 4.31 Å². The Morgan fingerprint density at radius 2 is 2.04 bits per heavy atom. The van der Waals surface area contributed by atoms with E-state index in [9.17, 15) is 8.42 Å². The van der Waals surface area contributed by atoms with Crippen molar-refractivity contribution in [1.29, 1.82) is 0 Å². The van der Waals surface area contributed by atoms with Crippen LogP contribution in [-0.2, 0) is 23.6 Å². The quantitative estimate of drug-likeness (QED) is 0.348. The molecule has 1 aliphatic rings. The van der Waals surface area contributed by atoms with Crippen LogP contribution in [0.25, 0.3) is 0 Å². The van der Waals surface area contributed by atoms with Gasteiger partial charge in [0.15, 0.2) is 5.96 Å². The molecule has 7 nitrogen and oxygen atoms in total. The Kier molecular flexibility index (Phi) is 9.87. The fourth-order valence-electron chi connectivity index (χ4n) is 3.15. The molecule has 1 aromatic heterocycles. The number of guanidine groups is 1. The summed E-state index contributed by atoms with van der Waals surface area (Å²) in [6.45, 7) is 5.44. The normalized spacial score (nSPS) is 16.9. The fraction of sp³-hybridized carbons (Fsp3) is 0.706. The summed E-state index contributed by atoms with van der Waals surface area (Å²) >= 11 is 6.06. The molecule has 0 unspecified atom stereocenters. The molecule has 1 fully saturated rings. The van der Waals surface area contributed by atoms with Crippen LogP contribution in [0.15, 0.2) is 17.3 Å². The molecule has 0 radical (unpaired) electrons. The van der Waals surface area contributed by atoms with E-state index in [0.29, 0.717) is 32.1 Å². The second-order valence-corrected chi connectivity index (χ2v) is 9.34. The highest BCUT2D eigenvalue weighted by Gasteiger charge is 2.24. The lowest BCUT2D eigenvalue weighted by Crippen LogP contribution is -2.40. The van der Waals surface area contributed by atoms with Crippen LogP contribution in [0.4, 0.5) is 0 Å². The summed E-state index contributed by atoms with van der Waals surface area (Å²) in [4.78, 5) is 6.86. The number of sulfonamides is 1. The van der Waals surface area contributed by atoms with Crippen LogP contribution in [0, 0.1) is 5.92 Å². The van der Waals surface area contributed by atoms with Gasteiger partial charge in [0.25, 0.3) is 0 Å². The molecule has 0 aliphatic carbocycles. The Balaban J connectivity index is 0.00000364. The Hall–Kier alpha value is -0.520. The van der Waals surface area contributed by atoms with Crippen LogP contribution in [-0.4, -0.2) is 67.6 Å². The summed E-state index contributed by atoms with van der Waals surface area (Å²) < 4.78 is 26.8. The highest BCUT2D eigenvalue weighted by Crippen LogP contribution is 2.19. The first-order valence-corrected chi connectivity index (χ1v) is 11.2. The zero-order chi connectivity index (χ0) is 19.3. The fourth-order valence-corrected chi connectivity index (χ4v) is 4.30. The van der Waals surface area contributed by atoms with E-state index >= 15 is 0 Å². The first kappa shape index (κ1) is 24.5. The standard InChI is InChI=1S/C17H30ClN5O2S.HI/c1-5-19-17(22(3)13-16-10-15(18)12-21(16)2)20-11-14-6-8-23(9-7-14)26(4,24)25;/h10,12,14H,5-9,11,13H2,1-4H3,(H,19,20);1H. The predicted molar refractivity (Wildman–Crippen MR) is 122 cm³/mol. The summed E-state index contributed by atoms with van der Waals surface area (Å²) in [5.74, 6) is 1.27. The average Bonchev–Trinajstić information content (AvgIpc) is 2.88. The Bertz CT molecular complexity index is 730. The third kappa shape index (κ3) is 7.43. The minimum atomic E-state index is -3.08. The number of piperidine rings is 1. The number of aliphatic imine (C=N–C) groups is 1. The van der Waals surface area contributed by atoms with Gasteiger partial charge in [-0.25, -0.2) is 12.7 Å². The highest BCUT2D eigenvalue weighted by atomic mass is 127. The van der Waals surface area contributed by atoms with Gasteiger partial charge in [0.2, 0.25) is 10.0 Å². The Morgan fingerprint density at radius 1 is 1.41 bits per heavy atom. The van der Waals surface area contributed by atoms with Crippen LogP contribution in [0.5, 0.6) is 0 Å². The first-order valence-electron chi connectivity index (χ1n) is 8.96. The predicted octanol–water partition coefficient (Wildman–Crippen LogP) is 2.37. The monoisotopic (exact) mass is 531 g/mol. The van der Waals surface area contributed by atoms with Gasteiger partial charge in [-0.1, -0.05) is 11.6 Å². The lowest BCUT2D eigenvalue weighted by Gasteiger charge is -2.30. The second-order valence-electron chi connectivity index (χ2n) is 6.92. The lowest BCUT2D eigenvalue weighted by molar-refractivity contribution is 0.279. The lowest BCUT2D eigenvalue weighted by atomic mass is 9.98. The van der Waals surface area contributed by atoms with Crippen molar-refractivity contribution in [3.63, 3.8) is 0 Å². The Morgan fingerprint density at radius 3 is 2.52 bits per heavy atom. The molecule has 1 aliphatic heterocycles. The van der Waals surface area contributed by atoms with E-state index < -0.39 is 10.0 Å². The van der Waals surface area contributed by atoms with E-state index in [-0.39, 0.29) is 24.0 Å². The Labute approximate surface area is 185 Å². The van der Waals surface area contributed by atoms with Crippen molar-refractivity contribution in [2.75, 3.05) is 39.5 Å². The maximum absolute atomic E-state index is 11.6. The minimum Gasteiger partial charge on any atom is -0.357 e. The molecule has 1 aromatic rings. The van der Waals surface area contributed by atoms with Gasteiger partial charge in [0.1, 0.15) is 0 Å². The van der Waals surface area contributed by atoms with Crippen LogP contribution in [0.2, 0.25) is 5.02 Å². The average molecular weight is 532 g/mol. The van der Waals surface area contributed by atoms with Crippen molar-refractivity contribution in [3.05, 3.63) is 23.0 Å². The number of nitrogens with one attached hydrogen (secondary N) is 1. The zero-order valence-electron chi connectivity index (χ0n) is 16.5. The van der Waals surface area contributed by atoms with Gasteiger partial charge in [-0.15, -0.1) is 24.0 Å². The summed E-state index contributed by atoms with van der Waals surface area (Å²) in [6.07, 6.45) is 4.88. The summed E-state index contributed by atoms with van der Waals surface area (Å²) in [6, 6.07) is 1.96. The van der Waals surface area contributed by atoms with Gasteiger partial charge >= 0.3 is 0 Å². The van der Waals surface area contributed by atoms with Crippen molar-refractivity contribution in [3.8, 4) is 0 Å².